The summed E-state index contributed by atoms with van der Waals surface area (Å²) in [6, 6.07) is 0. The molecular weight excluding hydrogens is 463 g/mol. The van der Waals surface area contributed by atoms with Crippen molar-refractivity contribution in [3.8, 4) is 0 Å². The molecule has 3 fully saturated rings. The molecule has 0 aromatic rings. The fourth-order valence-electron chi connectivity index (χ4n) is 7.27. The molecule has 35 heavy (non-hydrogen) atoms. The molecule has 8 unspecified atom stereocenters. The van der Waals surface area contributed by atoms with E-state index in [-0.39, 0.29) is 25.0 Å². The van der Waals surface area contributed by atoms with Crippen molar-refractivity contribution in [3.63, 3.8) is 0 Å². The lowest BCUT2D eigenvalue weighted by atomic mass is 9.44. The molecule has 4 aliphatic rings. The maximum atomic E-state index is 17.0. The number of hydrogen-bond acceptors (Lipinski definition) is 8. The van der Waals surface area contributed by atoms with E-state index in [0.29, 0.717) is 12.0 Å². The zero-order chi connectivity index (χ0) is 26.0. The van der Waals surface area contributed by atoms with Gasteiger partial charge in [-0.2, -0.15) is 0 Å². The summed E-state index contributed by atoms with van der Waals surface area (Å²) >= 11 is 0. The summed E-state index contributed by atoms with van der Waals surface area (Å²) in [4.78, 5) is 47.4. The predicted molar refractivity (Wildman–Crippen MR) is 118 cm³/mol. The Morgan fingerprint density at radius 1 is 1.14 bits per heavy atom. The van der Waals surface area contributed by atoms with Gasteiger partial charge in [0, 0.05) is 16.7 Å². The topological polar surface area (TPSA) is 158 Å². The van der Waals surface area contributed by atoms with Crippen LogP contribution in [0.5, 0.6) is 0 Å². The lowest BCUT2D eigenvalue weighted by molar-refractivity contribution is -0.222. The largest absolute Gasteiger partial charge is 0.481 e. The van der Waals surface area contributed by atoms with Crippen LogP contribution in [0.1, 0.15) is 52.4 Å². The number of esters is 1. The number of carboxylic acid groups (broad SMARTS) is 1. The van der Waals surface area contributed by atoms with E-state index in [1.807, 2.05) is 0 Å². The van der Waals surface area contributed by atoms with E-state index in [0.717, 1.165) is 0 Å². The Morgan fingerprint density at radius 3 is 2.49 bits per heavy atom. The van der Waals surface area contributed by atoms with E-state index >= 15 is 4.39 Å². The number of ketones is 2. The van der Waals surface area contributed by atoms with Crippen LogP contribution in [0, 0.1) is 22.7 Å². The molecule has 0 bridgehead atoms. The second kappa shape index (κ2) is 8.31. The van der Waals surface area contributed by atoms with E-state index in [1.165, 1.54) is 25.2 Å². The van der Waals surface area contributed by atoms with Gasteiger partial charge in [-0.25, -0.2) is 4.39 Å². The number of alkyl halides is 1. The van der Waals surface area contributed by atoms with Crippen LogP contribution in [0.2, 0.25) is 0 Å². The summed E-state index contributed by atoms with van der Waals surface area (Å²) < 4.78 is 21.9. The van der Waals surface area contributed by atoms with Gasteiger partial charge in [0.25, 0.3) is 0 Å². The lowest BCUT2D eigenvalue weighted by Crippen LogP contribution is -2.69. The number of carbonyl (C=O) groups is 4. The van der Waals surface area contributed by atoms with E-state index in [4.69, 9.17) is 9.84 Å². The van der Waals surface area contributed by atoms with Crippen LogP contribution in [0.15, 0.2) is 23.8 Å². The Morgan fingerprint density at radius 2 is 1.83 bits per heavy atom. The maximum absolute atomic E-state index is 17.0. The fourth-order valence-corrected chi connectivity index (χ4v) is 7.27. The fraction of sp³-hybridized carbons (Fsp3) is 0.680. The number of carboxylic acids is 1. The third-order valence-electron chi connectivity index (χ3n) is 9.19. The number of aliphatic carboxylic acids is 1. The van der Waals surface area contributed by atoms with Gasteiger partial charge in [0.1, 0.15) is 0 Å². The van der Waals surface area contributed by atoms with Gasteiger partial charge in [0.15, 0.2) is 23.7 Å². The number of allylic oxidation sites excluding steroid dienone is 4. The number of carbonyl (C=O) groups excluding carboxylic acids is 3. The average molecular weight is 495 g/mol. The van der Waals surface area contributed by atoms with Crippen molar-refractivity contribution in [2.24, 2.45) is 22.7 Å². The highest BCUT2D eigenvalue weighted by molar-refractivity contribution is 6.01. The number of halogens is 1. The molecule has 0 heterocycles. The third-order valence-corrected chi connectivity index (χ3v) is 9.19. The summed E-state index contributed by atoms with van der Waals surface area (Å²) in [5, 5.41) is 42.3. The second-order valence-electron chi connectivity index (χ2n) is 10.8. The summed E-state index contributed by atoms with van der Waals surface area (Å²) in [6.07, 6.45) is 0.282. The maximum Gasteiger partial charge on any atom is 0.306 e. The molecular formula is C25H31FO9. The van der Waals surface area contributed by atoms with Gasteiger partial charge in [-0.1, -0.05) is 18.6 Å². The zero-order valence-corrected chi connectivity index (χ0v) is 19.7. The molecule has 9 nitrogen and oxygen atoms in total. The number of aliphatic hydroxyl groups is 3. The number of rotatable bonds is 6. The van der Waals surface area contributed by atoms with E-state index in [2.05, 4.69) is 0 Å². The molecule has 0 spiro atoms. The Bertz CT molecular complexity index is 1040. The normalized spacial score (nSPS) is 44.1. The summed E-state index contributed by atoms with van der Waals surface area (Å²) in [5.41, 5.74) is -6.66. The molecule has 4 N–H and O–H groups in total. The van der Waals surface area contributed by atoms with E-state index in [9.17, 15) is 34.5 Å². The summed E-state index contributed by atoms with van der Waals surface area (Å²) in [6.45, 7) is 2.29. The molecule has 0 amide bonds. The first-order chi connectivity index (χ1) is 16.2. The highest BCUT2D eigenvalue weighted by atomic mass is 19.1. The molecule has 3 saturated carbocycles. The van der Waals surface area contributed by atoms with Gasteiger partial charge in [-0.15, -0.1) is 0 Å². The summed E-state index contributed by atoms with van der Waals surface area (Å²) in [5.74, 6) is -4.87. The standard InChI is InChI=1S/C25H31FO9/c1-22-8-7-14(27)9-13(22)3-4-15-16-10-17(28)25(34,23(16,2)11-18(29)24(15,22)26)19(30)12-35-21(33)6-5-20(31)32/h7-9,15-18,28-29,34H,3-6,10-12H2,1-2H3,(H,31,32). The molecule has 8 atom stereocenters. The minimum absolute atomic E-state index is 0.0907. The Labute approximate surface area is 201 Å². The van der Waals surface area contributed by atoms with Crippen LogP contribution in [0.25, 0.3) is 0 Å². The first kappa shape index (κ1) is 25.7. The smallest absolute Gasteiger partial charge is 0.306 e. The van der Waals surface area contributed by atoms with Crippen LogP contribution in [-0.4, -0.2) is 74.0 Å². The van der Waals surface area contributed by atoms with Crippen molar-refractivity contribution in [2.45, 2.75) is 75.9 Å². The molecule has 0 aromatic carbocycles. The van der Waals surface area contributed by atoms with Crippen molar-refractivity contribution in [3.05, 3.63) is 23.8 Å². The van der Waals surface area contributed by atoms with Crippen molar-refractivity contribution >= 4 is 23.5 Å². The van der Waals surface area contributed by atoms with Crippen LogP contribution in [0.3, 0.4) is 0 Å². The molecule has 4 rings (SSSR count). The van der Waals surface area contributed by atoms with E-state index < -0.39 is 83.3 Å². The van der Waals surface area contributed by atoms with Gasteiger partial charge in [-0.05, 0) is 50.7 Å². The first-order valence-electron chi connectivity index (χ1n) is 11.8. The number of hydrogen-bond donors (Lipinski definition) is 4. The van der Waals surface area contributed by atoms with Crippen LogP contribution < -0.4 is 0 Å². The number of ether oxygens (including phenoxy) is 1. The minimum Gasteiger partial charge on any atom is -0.481 e. The van der Waals surface area contributed by atoms with Crippen molar-refractivity contribution in [2.75, 3.05) is 6.61 Å². The quantitative estimate of drug-likeness (QED) is 0.396. The molecule has 0 aromatic heterocycles. The van der Waals surface area contributed by atoms with Crippen LogP contribution in [-0.2, 0) is 23.9 Å². The number of Topliss-reactive ketones (excluding diaryl/α,β-unsaturated/α-hetero) is 1. The lowest BCUT2D eigenvalue weighted by Gasteiger charge is -2.62. The number of fused-ring (bicyclic) bond motifs is 5. The third kappa shape index (κ3) is 3.44. The van der Waals surface area contributed by atoms with E-state index in [1.54, 1.807) is 6.92 Å². The first-order valence-corrected chi connectivity index (χ1v) is 11.8. The van der Waals surface area contributed by atoms with Gasteiger partial charge < -0.3 is 25.2 Å². The second-order valence-corrected chi connectivity index (χ2v) is 10.8. The Balaban J connectivity index is 1.62. The summed E-state index contributed by atoms with van der Waals surface area (Å²) in [7, 11) is 0. The monoisotopic (exact) mass is 494 g/mol. The molecule has 4 aliphatic carbocycles. The van der Waals surface area contributed by atoms with Crippen LogP contribution in [0.4, 0.5) is 4.39 Å². The van der Waals surface area contributed by atoms with Crippen molar-refractivity contribution < 1.29 is 48.7 Å². The minimum atomic E-state index is -2.40. The SMILES string of the molecule is CC12C=CC(=O)C=C1CCC1C3CC(O)C(O)(C(=O)COC(=O)CCC(=O)O)C3(C)CC(O)C12F. The average Bonchev–Trinajstić information content (AvgIpc) is 2.99. The molecule has 0 aliphatic heterocycles. The van der Waals surface area contributed by atoms with Gasteiger partial charge in [-0.3, -0.25) is 19.2 Å². The number of aliphatic hydroxyl groups excluding tert-OH is 2. The molecule has 0 saturated heterocycles. The molecule has 192 valence electrons. The Kier molecular flexibility index (Phi) is 6.09. The highest BCUT2D eigenvalue weighted by Crippen LogP contribution is 2.69. The highest BCUT2D eigenvalue weighted by Gasteiger charge is 2.76. The zero-order valence-electron chi connectivity index (χ0n) is 19.7. The molecule has 10 heteroatoms. The van der Waals surface area contributed by atoms with Gasteiger partial charge in [0.2, 0.25) is 5.78 Å². The van der Waals surface area contributed by atoms with Crippen molar-refractivity contribution in [1.82, 2.24) is 0 Å². The van der Waals surface area contributed by atoms with Crippen LogP contribution >= 0.6 is 0 Å². The Hall–Kier alpha value is -2.43. The predicted octanol–water partition coefficient (Wildman–Crippen LogP) is 1.04. The van der Waals surface area contributed by atoms with Gasteiger partial charge >= 0.3 is 11.9 Å². The molecule has 0 radical (unpaired) electrons. The van der Waals surface area contributed by atoms with Gasteiger partial charge in [0.05, 0.1) is 25.0 Å². The van der Waals surface area contributed by atoms with Crippen molar-refractivity contribution in [1.29, 1.82) is 0 Å².